The van der Waals surface area contributed by atoms with E-state index in [1.165, 1.54) is 0 Å². The summed E-state index contributed by atoms with van der Waals surface area (Å²) >= 11 is 0. The number of nitrogens with one attached hydrogen (secondary N) is 2. The van der Waals surface area contributed by atoms with Crippen molar-refractivity contribution in [1.82, 2.24) is 15.5 Å². The van der Waals surface area contributed by atoms with E-state index in [0.717, 1.165) is 16.9 Å². The second-order valence-electron chi connectivity index (χ2n) is 7.51. The van der Waals surface area contributed by atoms with Gasteiger partial charge < -0.3 is 25.0 Å². The molecule has 7 nitrogen and oxygen atoms in total. The second kappa shape index (κ2) is 10.0. The maximum Gasteiger partial charge on any atom is 0.410 e. The number of benzene rings is 1. The fourth-order valence-corrected chi connectivity index (χ4v) is 2.66. The molecule has 1 aromatic carbocycles. The Morgan fingerprint density at radius 1 is 1.30 bits per heavy atom. The highest BCUT2D eigenvalue weighted by atomic mass is 127. The fourth-order valence-electron chi connectivity index (χ4n) is 2.66. The van der Waals surface area contributed by atoms with Gasteiger partial charge in [-0.2, -0.15) is 0 Å². The highest BCUT2D eigenvalue weighted by Gasteiger charge is 2.34. The number of guanidine groups is 1. The van der Waals surface area contributed by atoms with Crippen molar-refractivity contribution in [3.63, 3.8) is 0 Å². The lowest BCUT2D eigenvalue weighted by molar-refractivity contribution is 0.00701. The molecule has 0 aromatic heterocycles. The molecule has 1 amide bonds. The van der Waals surface area contributed by atoms with E-state index in [0.29, 0.717) is 25.6 Å². The fraction of sp³-hybridized carbons (Fsp3) is 0.579. The molecule has 1 heterocycles. The van der Waals surface area contributed by atoms with Gasteiger partial charge in [0.05, 0.1) is 13.2 Å². The monoisotopic (exact) mass is 490 g/mol. The minimum atomic E-state index is -0.470. The van der Waals surface area contributed by atoms with Gasteiger partial charge in [-0.05, 0) is 51.0 Å². The molecular formula is C19H31IN4O3. The molecule has 2 rings (SSSR count). The number of aryl methyl sites for hydroxylation is 1. The molecule has 1 fully saturated rings. The number of hydrogen-bond acceptors (Lipinski definition) is 4. The Bertz CT molecular complexity index is 667. The molecule has 0 saturated carbocycles. The van der Waals surface area contributed by atoms with Crippen molar-refractivity contribution in [2.75, 3.05) is 27.2 Å². The zero-order valence-electron chi connectivity index (χ0n) is 17.0. The zero-order chi connectivity index (χ0) is 19.3. The first-order valence-electron chi connectivity index (χ1n) is 8.80. The quantitative estimate of drug-likeness (QED) is 0.386. The number of carbonyl (C=O) groups is 1. The van der Waals surface area contributed by atoms with Crippen LogP contribution >= 0.6 is 24.0 Å². The van der Waals surface area contributed by atoms with Gasteiger partial charge >= 0.3 is 6.09 Å². The molecule has 1 aliphatic rings. The number of rotatable bonds is 4. The van der Waals surface area contributed by atoms with Crippen molar-refractivity contribution in [3.05, 3.63) is 29.3 Å². The molecule has 0 unspecified atom stereocenters. The van der Waals surface area contributed by atoms with Crippen LogP contribution < -0.4 is 15.4 Å². The van der Waals surface area contributed by atoms with Crippen molar-refractivity contribution >= 4 is 36.0 Å². The predicted molar refractivity (Wildman–Crippen MR) is 118 cm³/mol. The number of ether oxygens (including phenoxy) is 2. The number of likely N-dealkylation sites (tertiary alicyclic amines) is 1. The molecule has 0 aliphatic carbocycles. The smallest absolute Gasteiger partial charge is 0.410 e. The summed E-state index contributed by atoms with van der Waals surface area (Å²) in [7, 11) is 3.40. The van der Waals surface area contributed by atoms with Gasteiger partial charge in [-0.1, -0.05) is 6.07 Å². The van der Waals surface area contributed by atoms with E-state index in [2.05, 4.69) is 21.7 Å². The number of nitrogens with zero attached hydrogens (tertiary/aromatic N) is 2. The number of halogens is 1. The van der Waals surface area contributed by atoms with Gasteiger partial charge in [-0.3, -0.25) is 4.99 Å². The summed E-state index contributed by atoms with van der Waals surface area (Å²) in [5.41, 5.74) is 1.80. The van der Waals surface area contributed by atoms with E-state index in [-0.39, 0.29) is 36.1 Å². The number of aliphatic imine (C=N–C) groups is 1. The molecule has 8 heteroatoms. The molecule has 1 aromatic rings. The molecule has 1 aliphatic heterocycles. The van der Waals surface area contributed by atoms with Crippen LogP contribution in [0.1, 0.15) is 31.9 Å². The molecule has 27 heavy (non-hydrogen) atoms. The van der Waals surface area contributed by atoms with Crippen LogP contribution in [-0.4, -0.2) is 55.8 Å². The molecule has 152 valence electrons. The molecule has 0 spiro atoms. The first-order chi connectivity index (χ1) is 12.2. The summed E-state index contributed by atoms with van der Waals surface area (Å²) in [6, 6.07) is 6.27. The van der Waals surface area contributed by atoms with Crippen LogP contribution in [0.3, 0.4) is 0 Å². The third-order valence-electron chi connectivity index (χ3n) is 3.90. The van der Waals surface area contributed by atoms with E-state index in [1.807, 2.05) is 39.8 Å². The maximum atomic E-state index is 12.0. The van der Waals surface area contributed by atoms with Crippen molar-refractivity contribution < 1.29 is 14.3 Å². The van der Waals surface area contributed by atoms with Crippen LogP contribution in [0.25, 0.3) is 0 Å². The Labute approximate surface area is 178 Å². The summed E-state index contributed by atoms with van der Waals surface area (Å²) in [6.45, 7) is 9.49. The number of carbonyl (C=O) groups excluding carboxylic acids is 1. The van der Waals surface area contributed by atoms with Gasteiger partial charge in [0.25, 0.3) is 0 Å². The lowest BCUT2D eigenvalue weighted by Gasteiger charge is -2.40. The molecule has 2 N–H and O–H groups in total. The van der Waals surface area contributed by atoms with Gasteiger partial charge in [0.1, 0.15) is 11.4 Å². The minimum Gasteiger partial charge on any atom is -0.497 e. The Kier molecular flexibility index (Phi) is 8.64. The van der Waals surface area contributed by atoms with E-state index in [4.69, 9.17) is 9.47 Å². The molecular weight excluding hydrogens is 459 g/mol. The van der Waals surface area contributed by atoms with Crippen molar-refractivity contribution in [2.24, 2.45) is 4.99 Å². The Morgan fingerprint density at radius 2 is 1.96 bits per heavy atom. The largest absolute Gasteiger partial charge is 0.497 e. The standard InChI is InChI=1S/C19H30N4O3.HI/c1-13-7-14(9-16(8-13)25-6)10-21-17(20-5)22-15-11-23(12-15)18(24)26-19(2,3)4;/h7-9,15H,10-12H2,1-6H3,(H2,20,21,22);1H. The lowest BCUT2D eigenvalue weighted by atomic mass is 10.1. The van der Waals surface area contributed by atoms with E-state index in [1.54, 1.807) is 19.1 Å². The molecule has 1 saturated heterocycles. The Hall–Kier alpha value is -1.71. The van der Waals surface area contributed by atoms with E-state index >= 15 is 0 Å². The topological polar surface area (TPSA) is 75.2 Å². The summed E-state index contributed by atoms with van der Waals surface area (Å²) in [5, 5.41) is 6.62. The average molecular weight is 490 g/mol. The van der Waals surface area contributed by atoms with Crippen LogP contribution in [-0.2, 0) is 11.3 Å². The van der Waals surface area contributed by atoms with Crippen LogP contribution in [0.4, 0.5) is 4.79 Å². The van der Waals surface area contributed by atoms with Crippen molar-refractivity contribution in [3.8, 4) is 5.75 Å². The Morgan fingerprint density at radius 3 is 2.52 bits per heavy atom. The SMILES string of the molecule is CN=C(NCc1cc(C)cc(OC)c1)NC1CN(C(=O)OC(C)(C)C)C1.I. The zero-order valence-corrected chi connectivity index (χ0v) is 19.3. The predicted octanol–water partition coefficient (Wildman–Crippen LogP) is 2.91. The van der Waals surface area contributed by atoms with Crippen LogP contribution in [0.2, 0.25) is 0 Å². The minimum absolute atomic E-state index is 0. The van der Waals surface area contributed by atoms with Crippen molar-refractivity contribution in [2.45, 2.75) is 45.9 Å². The highest BCUT2D eigenvalue weighted by Crippen LogP contribution is 2.17. The third kappa shape index (κ3) is 7.43. The van der Waals surface area contributed by atoms with Gasteiger partial charge in [-0.25, -0.2) is 4.79 Å². The molecule has 0 bridgehead atoms. The molecule has 0 atom stereocenters. The summed E-state index contributed by atoms with van der Waals surface area (Å²) < 4.78 is 10.7. The highest BCUT2D eigenvalue weighted by molar-refractivity contribution is 14.0. The number of methoxy groups -OCH3 is 1. The van der Waals surface area contributed by atoms with E-state index < -0.39 is 5.60 Å². The maximum absolute atomic E-state index is 12.0. The third-order valence-corrected chi connectivity index (χ3v) is 3.90. The summed E-state index contributed by atoms with van der Waals surface area (Å²) in [4.78, 5) is 17.9. The van der Waals surface area contributed by atoms with Gasteiger partial charge in [0.2, 0.25) is 0 Å². The van der Waals surface area contributed by atoms with Crippen molar-refractivity contribution in [1.29, 1.82) is 0 Å². The number of hydrogen-bond donors (Lipinski definition) is 2. The van der Waals surface area contributed by atoms with Gasteiger partial charge in [-0.15, -0.1) is 24.0 Å². The van der Waals surface area contributed by atoms with Gasteiger partial charge in [0.15, 0.2) is 5.96 Å². The molecule has 0 radical (unpaired) electrons. The Balaban J connectivity index is 0.00000364. The second-order valence-corrected chi connectivity index (χ2v) is 7.51. The van der Waals surface area contributed by atoms with Crippen LogP contribution in [0.15, 0.2) is 23.2 Å². The number of amides is 1. The van der Waals surface area contributed by atoms with Crippen LogP contribution in [0.5, 0.6) is 5.75 Å². The lowest BCUT2D eigenvalue weighted by Crippen LogP contribution is -2.63. The normalized spacial score (nSPS) is 14.7. The summed E-state index contributed by atoms with van der Waals surface area (Å²) in [6.07, 6.45) is -0.273. The summed E-state index contributed by atoms with van der Waals surface area (Å²) in [5.74, 6) is 1.55. The van der Waals surface area contributed by atoms with E-state index in [9.17, 15) is 4.79 Å². The van der Waals surface area contributed by atoms with Crippen LogP contribution in [0, 0.1) is 6.92 Å². The first kappa shape index (κ1) is 23.3. The first-order valence-corrected chi connectivity index (χ1v) is 8.80. The average Bonchev–Trinajstić information content (AvgIpc) is 2.50. The van der Waals surface area contributed by atoms with Gasteiger partial charge in [0, 0.05) is 26.7 Å².